The zero-order valence-electron chi connectivity index (χ0n) is 17.5. The number of halogens is 1. The lowest BCUT2D eigenvalue weighted by Crippen LogP contribution is -2.31. The molecule has 1 atom stereocenters. The Morgan fingerprint density at radius 2 is 1.62 bits per heavy atom. The molecule has 0 N–H and O–H groups in total. The number of benzene rings is 3. The van der Waals surface area contributed by atoms with E-state index in [1.807, 2.05) is 72.8 Å². The predicted octanol–water partition coefficient (Wildman–Crippen LogP) is 5.90. The van der Waals surface area contributed by atoms with Gasteiger partial charge in [-0.25, -0.2) is 0 Å². The molecule has 0 spiro atoms. The van der Waals surface area contributed by atoms with Crippen LogP contribution in [0.2, 0.25) is 5.02 Å². The summed E-state index contributed by atoms with van der Waals surface area (Å²) in [7, 11) is 1.63. The average molecular weight is 484 g/mol. The Hall–Kier alpha value is -2.54. The van der Waals surface area contributed by atoms with E-state index in [1.54, 1.807) is 12.0 Å². The molecule has 0 aromatic heterocycles. The Morgan fingerprint density at radius 1 is 0.969 bits per heavy atom. The van der Waals surface area contributed by atoms with E-state index in [0.29, 0.717) is 28.9 Å². The molecule has 1 heterocycles. The first-order chi connectivity index (χ1) is 15.5. The fraction of sp³-hybridized carbons (Fsp3) is 0.200. The number of hydrogen-bond donors (Lipinski definition) is 0. The number of amides is 1. The molecule has 0 aliphatic carbocycles. The van der Waals surface area contributed by atoms with Crippen LogP contribution in [0.3, 0.4) is 0 Å². The number of nitrogens with zero attached hydrogens (tertiary/aromatic N) is 1. The molecule has 164 valence electrons. The van der Waals surface area contributed by atoms with E-state index in [-0.39, 0.29) is 11.2 Å². The predicted molar refractivity (Wildman–Crippen MR) is 133 cm³/mol. The number of ether oxygens (including phenoxy) is 2. The van der Waals surface area contributed by atoms with Crippen molar-refractivity contribution in [2.24, 2.45) is 0 Å². The molecule has 0 saturated carbocycles. The summed E-state index contributed by atoms with van der Waals surface area (Å²) in [5.41, 5.74) is 3.02. The first kappa shape index (κ1) is 22.6. The van der Waals surface area contributed by atoms with Crippen molar-refractivity contribution in [3.63, 3.8) is 0 Å². The van der Waals surface area contributed by atoms with Crippen molar-refractivity contribution in [2.75, 3.05) is 7.11 Å². The third kappa shape index (κ3) is 5.44. The quantitative estimate of drug-likeness (QED) is 0.373. The van der Waals surface area contributed by atoms with Gasteiger partial charge in [-0.05, 0) is 47.9 Å². The van der Waals surface area contributed by atoms with Crippen LogP contribution in [0.4, 0.5) is 0 Å². The van der Waals surface area contributed by atoms with Gasteiger partial charge < -0.3 is 9.47 Å². The van der Waals surface area contributed by atoms with Crippen LogP contribution in [0.1, 0.15) is 16.7 Å². The zero-order valence-corrected chi connectivity index (χ0v) is 19.9. The molecule has 4 rings (SSSR count). The Morgan fingerprint density at radius 3 is 2.31 bits per heavy atom. The van der Waals surface area contributed by atoms with E-state index >= 15 is 0 Å². The van der Waals surface area contributed by atoms with E-state index in [4.69, 9.17) is 33.3 Å². The number of hydrogen-bond acceptors (Lipinski definition) is 5. The Bertz CT molecular complexity index is 1100. The summed E-state index contributed by atoms with van der Waals surface area (Å²) in [6.07, 6.45) is 0.619. The van der Waals surface area contributed by atoms with Gasteiger partial charge in [0, 0.05) is 10.6 Å². The van der Waals surface area contributed by atoms with Gasteiger partial charge in [0.25, 0.3) is 0 Å². The highest BCUT2D eigenvalue weighted by Gasteiger charge is 2.36. The van der Waals surface area contributed by atoms with E-state index in [1.165, 1.54) is 11.8 Å². The topological polar surface area (TPSA) is 38.8 Å². The Labute approximate surface area is 202 Å². The Balaban J connectivity index is 1.34. The maximum Gasteiger partial charge on any atom is 0.242 e. The van der Waals surface area contributed by atoms with Crippen LogP contribution in [0.15, 0.2) is 72.8 Å². The molecule has 1 aliphatic rings. The smallest absolute Gasteiger partial charge is 0.242 e. The van der Waals surface area contributed by atoms with E-state index < -0.39 is 0 Å². The van der Waals surface area contributed by atoms with Crippen molar-refractivity contribution in [1.29, 1.82) is 0 Å². The van der Waals surface area contributed by atoms with Gasteiger partial charge in [0.15, 0.2) is 0 Å². The largest absolute Gasteiger partial charge is 0.497 e. The molecule has 1 amide bonds. The summed E-state index contributed by atoms with van der Waals surface area (Å²) in [5.74, 6) is 1.60. The number of carbonyl (C=O) groups is 1. The molecule has 1 aliphatic heterocycles. The highest BCUT2D eigenvalue weighted by molar-refractivity contribution is 8.24. The van der Waals surface area contributed by atoms with Crippen molar-refractivity contribution in [1.82, 2.24) is 4.90 Å². The molecule has 4 nitrogen and oxygen atoms in total. The molecular formula is C25H22ClNO3S2. The van der Waals surface area contributed by atoms with Gasteiger partial charge in [-0.2, -0.15) is 0 Å². The number of methoxy groups -OCH3 is 1. The standard InChI is InChI=1S/C25H22ClNO3S2/c1-29-20-10-8-18(9-11-20)15-27-24(28)23(32-25(27)31)14-17-6-12-21(13-7-17)30-16-19-4-2-3-5-22(19)26/h2-13,23H,14-16H2,1H3/t23-/m1/s1. The van der Waals surface area contributed by atoms with Crippen LogP contribution in [0, 0.1) is 0 Å². The lowest BCUT2D eigenvalue weighted by atomic mass is 10.1. The monoisotopic (exact) mass is 483 g/mol. The fourth-order valence-electron chi connectivity index (χ4n) is 3.40. The molecule has 1 saturated heterocycles. The summed E-state index contributed by atoms with van der Waals surface area (Å²) in [5, 5.41) is 0.478. The minimum absolute atomic E-state index is 0.0508. The van der Waals surface area contributed by atoms with Crippen LogP contribution in [-0.2, 0) is 24.4 Å². The second kappa shape index (κ2) is 10.4. The van der Waals surface area contributed by atoms with Crippen LogP contribution in [0.5, 0.6) is 11.5 Å². The molecule has 7 heteroatoms. The highest BCUT2D eigenvalue weighted by atomic mass is 35.5. The maximum absolute atomic E-state index is 13.0. The van der Waals surface area contributed by atoms with Crippen molar-refractivity contribution in [3.8, 4) is 11.5 Å². The molecule has 1 fully saturated rings. The molecule has 0 radical (unpaired) electrons. The maximum atomic E-state index is 13.0. The van der Waals surface area contributed by atoms with Gasteiger partial charge in [-0.3, -0.25) is 9.69 Å². The first-order valence-electron chi connectivity index (χ1n) is 10.1. The highest BCUT2D eigenvalue weighted by Crippen LogP contribution is 2.32. The fourth-order valence-corrected chi connectivity index (χ4v) is 5.12. The van der Waals surface area contributed by atoms with E-state index in [9.17, 15) is 4.79 Å². The SMILES string of the molecule is COc1ccc(CN2C(=O)[C@@H](Cc3ccc(OCc4ccccc4Cl)cc3)SC2=S)cc1. The number of carbonyl (C=O) groups excluding carboxylic acids is 1. The molecule has 0 bridgehead atoms. The van der Waals surface area contributed by atoms with Crippen molar-refractivity contribution in [3.05, 3.63) is 94.5 Å². The van der Waals surface area contributed by atoms with Gasteiger partial charge in [0.1, 0.15) is 22.4 Å². The van der Waals surface area contributed by atoms with Gasteiger partial charge in [-0.15, -0.1) is 0 Å². The minimum atomic E-state index is -0.212. The first-order valence-corrected chi connectivity index (χ1v) is 11.8. The van der Waals surface area contributed by atoms with Crippen molar-refractivity contribution < 1.29 is 14.3 Å². The second-order valence-electron chi connectivity index (χ2n) is 7.37. The number of thioether (sulfide) groups is 1. The molecule has 32 heavy (non-hydrogen) atoms. The summed E-state index contributed by atoms with van der Waals surface area (Å²) < 4.78 is 11.7. The third-order valence-corrected chi connectivity index (χ3v) is 7.15. The summed E-state index contributed by atoms with van der Waals surface area (Å²) in [6.45, 7) is 0.880. The van der Waals surface area contributed by atoms with Crippen LogP contribution < -0.4 is 9.47 Å². The van der Waals surface area contributed by atoms with Gasteiger partial charge in [0.05, 0.1) is 18.9 Å². The summed E-state index contributed by atoms with van der Waals surface area (Å²) in [6, 6.07) is 23.1. The Kier molecular flexibility index (Phi) is 7.35. The van der Waals surface area contributed by atoms with Crippen molar-refractivity contribution in [2.45, 2.75) is 24.8 Å². The number of thiocarbonyl (C=S) groups is 1. The van der Waals surface area contributed by atoms with Crippen LogP contribution >= 0.6 is 35.6 Å². The zero-order chi connectivity index (χ0) is 22.5. The van der Waals surface area contributed by atoms with Gasteiger partial charge in [0.2, 0.25) is 5.91 Å². The van der Waals surface area contributed by atoms with Crippen molar-refractivity contribution >= 4 is 45.8 Å². The summed E-state index contributed by atoms with van der Waals surface area (Å²) >= 11 is 13.1. The molecular weight excluding hydrogens is 462 g/mol. The molecule has 0 unspecified atom stereocenters. The second-order valence-corrected chi connectivity index (χ2v) is 9.62. The van der Waals surface area contributed by atoms with Crippen LogP contribution in [0.25, 0.3) is 0 Å². The van der Waals surface area contributed by atoms with Gasteiger partial charge in [-0.1, -0.05) is 78.0 Å². The molecule has 3 aromatic carbocycles. The van der Waals surface area contributed by atoms with Gasteiger partial charge >= 0.3 is 0 Å². The minimum Gasteiger partial charge on any atom is -0.497 e. The van der Waals surface area contributed by atoms with Crippen LogP contribution in [-0.4, -0.2) is 27.5 Å². The summed E-state index contributed by atoms with van der Waals surface area (Å²) in [4.78, 5) is 14.6. The average Bonchev–Trinajstić information content (AvgIpc) is 3.07. The lowest BCUT2D eigenvalue weighted by molar-refractivity contribution is -0.126. The van der Waals surface area contributed by atoms with E-state index in [0.717, 1.165) is 28.2 Å². The lowest BCUT2D eigenvalue weighted by Gasteiger charge is -2.16. The van der Waals surface area contributed by atoms with E-state index in [2.05, 4.69) is 0 Å². The molecule has 3 aromatic rings. The third-order valence-electron chi connectivity index (χ3n) is 5.20. The number of rotatable bonds is 8. The normalized spacial score (nSPS) is 15.8.